The smallest absolute Gasteiger partial charge is 0.410 e. The third-order valence-electron chi connectivity index (χ3n) is 7.51. The van der Waals surface area contributed by atoms with Gasteiger partial charge in [-0.3, -0.25) is 4.90 Å². The van der Waals surface area contributed by atoms with Gasteiger partial charge in [-0.15, -0.1) is 0 Å². The highest BCUT2D eigenvalue weighted by Crippen LogP contribution is 2.38. The Balaban J connectivity index is 1.56. The summed E-state index contributed by atoms with van der Waals surface area (Å²) in [6.07, 6.45) is 1.15. The van der Waals surface area contributed by atoms with E-state index >= 15 is 0 Å². The number of hydrogen-bond acceptors (Lipinski definition) is 5. The average Bonchev–Trinajstić information content (AvgIpc) is 2.97. The molecule has 1 aliphatic rings. The Kier molecular flexibility index (Phi) is 8.08. The Bertz CT molecular complexity index is 1660. The predicted octanol–water partition coefficient (Wildman–Crippen LogP) is 8.13. The first-order valence-electron chi connectivity index (χ1n) is 14.2. The highest BCUT2D eigenvalue weighted by Gasteiger charge is 2.32. The van der Waals surface area contributed by atoms with Crippen LogP contribution in [0.15, 0.2) is 91.0 Å². The molecule has 216 valence electrons. The number of carbonyl (C=O) groups is 2. The number of methoxy groups -OCH3 is 1. The van der Waals surface area contributed by atoms with Gasteiger partial charge in [-0.2, -0.15) is 0 Å². The van der Waals surface area contributed by atoms with E-state index in [4.69, 9.17) is 14.2 Å². The first-order chi connectivity index (χ1) is 20.1. The molecule has 6 nitrogen and oxygen atoms in total. The Morgan fingerprint density at radius 1 is 0.952 bits per heavy atom. The maximum Gasteiger partial charge on any atom is 0.410 e. The molecule has 6 heteroatoms. The number of ether oxygens (including phenoxy) is 3. The Hall–Kier alpha value is -4.58. The van der Waals surface area contributed by atoms with Gasteiger partial charge in [0.1, 0.15) is 17.5 Å². The van der Waals surface area contributed by atoms with Crippen molar-refractivity contribution in [2.45, 2.75) is 52.4 Å². The first kappa shape index (κ1) is 28.9. The maximum absolute atomic E-state index is 13.7. The van der Waals surface area contributed by atoms with E-state index in [0.717, 1.165) is 38.6 Å². The number of aryl methyl sites for hydroxylation is 1. The van der Waals surface area contributed by atoms with Gasteiger partial charge < -0.3 is 14.2 Å². The van der Waals surface area contributed by atoms with Gasteiger partial charge in [0, 0.05) is 5.56 Å². The topological polar surface area (TPSA) is 65.1 Å². The summed E-state index contributed by atoms with van der Waals surface area (Å²) in [5.41, 5.74) is 4.42. The molecular formula is C36H37NO5. The van der Waals surface area contributed by atoms with Crippen molar-refractivity contribution < 1.29 is 23.8 Å². The molecule has 1 aliphatic heterocycles. The van der Waals surface area contributed by atoms with Crippen molar-refractivity contribution in [2.75, 3.05) is 13.7 Å². The first-order valence-corrected chi connectivity index (χ1v) is 14.2. The van der Waals surface area contributed by atoms with E-state index in [1.807, 2.05) is 101 Å². The van der Waals surface area contributed by atoms with Crippen LogP contribution < -0.4 is 4.74 Å². The van der Waals surface area contributed by atoms with Crippen molar-refractivity contribution >= 4 is 28.4 Å². The van der Waals surface area contributed by atoms with Crippen LogP contribution in [0.4, 0.5) is 4.79 Å². The van der Waals surface area contributed by atoms with E-state index in [1.54, 1.807) is 4.90 Å². The van der Waals surface area contributed by atoms with E-state index in [-0.39, 0.29) is 18.6 Å². The number of carbonyl (C=O) groups excluding carboxylic acids is 2. The van der Waals surface area contributed by atoms with Crippen molar-refractivity contribution in [3.63, 3.8) is 0 Å². The van der Waals surface area contributed by atoms with Crippen LogP contribution in [0.5, 0.6) is 5.75 Å². The largest absolute Gasteiger partial charge is 0.484 e. The van der Waals surface area contributed by atoms with Crippen LogP contribution in [0.3, 0.4) is 0 Å². The Labute approximate surface area is 247 Å². The summed E-state index contributed by atoms with van der Waals surface area (Å²) in [6.45, 7) is 9.77. The zero-order valence-corrected chi connectivity index (χ0v) is 25.0. The number of amides is 1. The third-order valence-corrected chi connectivity index (χ3v) is 7.51. The molecule has 4 aromatic carbocycles. The minimum atomic E-state index is -0.666. The lowest BCUT2D eigenvalue weighted by molar-refractivity contribution is 0.0110. The van der Waals surface area contributed by atoms with Crippen LogP contribution in [0.2, 0.25) is 0 Å². The standard InChI is InChI=1S/C36H37NO5/c1-23-18-19-26(20-31(23)34(38)40-6)32-21-27(41-33-17-10-9-15-30(32)33)22-37(35(39)42-36(3,4)5)24(2)28-16-11-13-25-12-7-8-14-29(25)28/h7-21,24,27H,22H2,1-6H3/t24-,27?/m1/s1. The lowest BCUT2D eigenvalue weighted by atomic mass is 9.91. The molecular weight excluding hydrogens is 526 g/mol. The molecule has 0 aliphatic carbocycles. The normalized spacial score (nSPS) is 15.2. The molecule has 0 bridgehead atoms. The molecule has 0 fully saturated rings. The molecule has 2 atom stereocenters. The molecule has 5 rings (SSSR count). The van der Waals surface area contributed by atoms with Crippen LogP contribution >= 0.6 is 0 Å². The summed E-state index contributed by atoms with van der Waals surface area (Å²) in [7, 11) is 1.38. The summed E-state index contributed by atoms with van der Waals surface area (Å²) in [4.78, 5) is 28.0. The molecule has 0 aromatic heterocycles. The zero-order chi connectivity index (χ0) is 30.0. The minimum absolute atomic E-state index is 0.257. The van der Waals surface area contributed by atoms with Crippen molar-refractivity contribution in [1.82, 2.24) is 4.90 Å². The second-order valence-electron chi connectivity index (χ2n) is 11.6. The quantitative estimate of drug-likeness (QED) is 0.222. The molecule has 0 saturated carbocycles. The van der Waals surface area contributed by atoms with Crippen molar-refractivity contribution in [2.24, 2.45) is 0 Å². The molecule has 1 amide bonds. The molecule has 0 saturated heterocycles. The van der Waals surface area contributed by atoms with Gasteiger partial charge in [-0.05, 0) is 85.9 Å². The zero-order valence-electron chi connectivity index (χ0n) is 25.0. The second-order valence-corrected chi connectivity index (χ2v) is 11.6. The monoisotopic (exact) mass is 563 g/mol. The van der Waals surface area contributed by atoms with E-state index in [1.165, 1.54) is 7.11 Å². The van der Waals surface area contributed by atoms with Crippen LogP contribution in [0.25, 0.3) is 16.3 Å². The fourth-order valence-corrected chi connectivity index (χ4v) is 5.41. The van der Waals surface area contributed by atoms with E-state index in [9.17, 15) is 9.59 Å². The molecule has 1 heterocycles. The average molecular weight is 564 g/mol. The van der Waals surface area contributed by atoms with Crippen molar-refractivity contribution in [3.05, 3.63) is 119 Å². The van der Waals surface area contributed by atoms with Crippen LogP contribution in [-0.4, -0.2) is 42.3 Å². The number of esters is 1. The van der Waals surface area contributed by atoms with Crippen LogP contribution in [-0.2, 0) is 9.47 Å². The van der Waals surface area contributed by atoms with Crippen molar-refractivity contribution in [1.29, 1.82) is 0 Å². The SMILES string of the molecule is COC(=O)c1cc(C2=CC(CN(C(=O)OC(C)(C)C)[C@H](C)c3cccc4ccccc34)Oc3ccccc32)ccc1C. The molecule has 0 radical (unpaired) electrons. The third kappa shape index (κ3) is 6.03. The summed E-state index contributed by atoms with van der Waals surface area (Å²) in [5, 5.41) is 2.19. The lowest BCUT2D eigenvalue weighted by Crippen LogP contribution is -2.44. The van der Waals surface area contributed by atoms with E-state index < -0.39 is 17.8 Å². The Morgan fingerprint density at radius 3 is 2.43 bits per heavy atom. The molecule has 4 aromatic rings. The Morgan fingerprint density at radius 2 is 1.67 bits per heavy atom. The lowest BCUT2D eigenvalue weighted by Gasteiger charge is -2.35. The molecule has 0 spiro atoms. The van der Waals surface area contributed by atoms with Gasteiger partial charge in [-0.1, -0.05) is 72.8 Å². The van der Waals surface area contributed by atoms with Gasteiger partial charge in [0.2, 0.25) is 0 Å². The highest BCUT2D eigenvalue weighted by atomic mass is 16.6. The number of rotatable bonds is 6. The van der Waals surface area contributed by atoms with Gasteiger partial charge in [0.25, 0.3) is 0 Å². The van der Waals surface area contributed by atoms with Gasteiger partial charge >= 0.3 is 12.1 Å². The number of benzene rings is 4. The van der Waals surface area contributed by atoms with Crippen LogP contribution in [0.1, 0.15) is 66.3 Å². The van der Waals surface area contributed by atoms with Crippen molar-refractivity contribution in [3.8, 4) is 5.75 Å². The molecule has 0 N–H and O–H groups in total. The van der Waals surface area contributed by atoms with Crippen LogP contribution in [0, 0.1) is 6.92 Å². The summed E-state index contributed by atoms with van der Waals surface area (Å²) in [6, 6.07) is 27.6. The second kappa shape index (κ2) is 11.7. The number of nitrogens with zero attached hydrogens (tertiary/aromatic N) is 1. The van der Waals surface area contributed by atoms with E-state index in [2.05, 4.69) is 24.3 Å². The maximum atomic E-state index is 13.7. The highest BCUT2D eigenvalue weighted by molar-refractivity contribution is 5.94. The number of fused-ring (bicyclic) bond motifs is 2. The molecule has 1 unspecified atom stereocenters. The predicted molar refractivity (Wildman–Crippen MR) is 166 cm³/mol. The number of hydrogen-bond donors (Lipinski definition) is 0. The summed E-state index contributed by atoms with van der Waals surface area (Å²) < 4.78 is 17.4. The fourth-order valence-electron chi connectivity index (χ4n) is 5.41. The number of para-hydroxylation sites is 1. The van der Waals surface area contributed by atoms with E-state index in [0.29, 0.717) is 11.3 Å². The van der Waals surface area contributed by atoms with Gasteiger partial charge in [-0.25, -0.2) is 9.59 Å². The summed E-state index contributed by atoms with van der Waals surface area (Å²) in [5.74, 6) is 0.328. The fraction of sp³-hybridized carbons (Fsp3) is 0.278. The summed E-state index contributed by atoms with van der Waals surface area (Å²) >= 11 is 0. The van der Waals surface area contributed by atoms with Gasteiger partial charge in [0.05, 0.1) is 25.3 Å². The molecule has 42 heavy (non-hydrogen) atoms. The minimum Gasteiger partial charge on any atom is -0.484 e. The van der Waals surface area contributed by atoms with Gasteiger partial charge in [0.15, 0.2) is 0 Å².